The summed E-state index contributed by atoms with van der Waals surface area (Å²) >= 11 is 5.77. The Kier molecular flexibility index (Phi) is 6.02. The maximum Gasteiger partial charge on any atom is 0.319 e. The number of anilines is 1. The van der Waals surface area contributed by atoms with Crippen LogP contribution in [0, 0.1) is 0 Å². The molecule has 0 fully saturated rings. The molecule has 2 aromatic carbocycles. The van der Waals surface area contributed by atoms with Crippen molar-refractivity contribution in [3.63, 3.8) is 0 Å². The molecule has 0 unspecified atom stereocenters. The van der Waals surface area contributed by atoms with E-state index in [1.807, 2.05) is 0 Å². The van der Waals surface area contributed by atoms with Gasteiger partial charge in [0.05, 0.1) is 11.4 Å². The first kappa shape index (κ1) is 18.1. The van der Waals surface area contributed by atoms with Crippen LogP contribution >= 0.6 is 11.6 Å². The quantitative estimate of drug-likeness (QED) is 0.677. The molecule has 0 atom stereocenters. The number of hydrogen-bond acceptors (Lipinski definition) is 4. The predicted molar refractivity (Wildman–Crippen MR) is 91.8 cm³/mol. The largest absolute Gasteiger partial charge is 0.492 e. The van der Waals surface area contributed by atoms with Gasteiger partial charge in [0.2, 0.25) is 10.0 Å². The van der Waals surface area contributed by atoms with Crippen LogP contribution in [0.5, 0.6) is 5.75 Å². The molecule has 2 amide bonds. The van der Waals surface area contributed by atoms with Crippen LogP contribution in [-0.2, 0) is 10.0 Å². The number of carbonyl (C=O) groups is 1. The maximum absolute atomic E-state index is 11.7. The topological polar surface area (TPSA) is 111 Å². The van der Waals surface area contributed by atoms with E-state index in [1.165, 1.54) is 24.3 Å². The van der Waals surface area contributed by atoms with Crippen molar-refractivity contribution in [1.82, 2.24) is 5.32 Å². The highest BCUT2D eigenvalue weighted by molar-refractivity contribution is 7.89. The summed E-state index contributed by atoms with van der Waals surface area (Å²) in [4.78, 5) is 11.7. The molecule has 2 rings (SSSR count). The number of rotatable bonds is 6. The number of carbonyl (C=O) groups excluding carboxylic acids is 1. The molecule has 0 radical (unpaired) electrons. The minimum absolute atomic E-state index is 0.0233. The van der Waals surface area contributed by atoms with E-state index < -0.39 is 16.1 Å². The standard InChI is InChI=1S/C15H16ClN3O4S/c16-11-1-5-13(6-2-11)23-10-9-18-15(20)19-12-3-7-14(8-4-12)24(17,21)22/h1-8H,9-10H2,(H2,17,21,22)(H2,18,19,20). The summed E-state index contributed by atoms with van der Waals surface area (Å²) in [7, 11) is -3.75. The van der Waals surface area contributed by atoms with Crippen molar-refractivity contribution in [2.24, 2.45) is 5.14 Å². The molecule has 7 nitrogen and oxygen atoms in total. The van der Waals surface area contributed by atoms with Crippen LogP contribution in [0.1, 0.15) is 0 Å². The Labute approximate surface area is 144 Å². The van der Waals surface area contributed by atoms with Crippen LogP contribution in [0.2, 0.25) is 5.02 Å². The van der Waals surface area contributed by atoms with Crippen molar-refractivity contribution in [2.75, 3.05) is 18.5 Å². The van der Waals surface area contributed by atoms with Gasteiger partial charge in [-0.15, -0.1) is 0 Å². The van der Waals surface area contributed by atoms with Gasteiger partial charge < -0.3 is 15.4 Å². The number of benzene rings is 2. The first-order chi connectivity index (χ1) is 11.3. The molecule has 2 aromatic rings. The van der Waals surface area contributed by atoms with Gasteiger partial charge in [-0.25, -0.2) is 18.4 Å². The lowest BCUT2D eigenvalue weighted by atomic mass is 10.3. The van der Waals surface area contributed by atoms with Crippen molar-refractivity contribution in [3.8, 4) is 5.75 Å². The fourth-order valence-corrected chi connectivity index (χ4v) is 2.41. The number of primary sulfonamides is 1. The van der Waals surface area contributed by atoms with Crippen LogP contribution < -0.4 is 20.5 Å². The average Bonchev–Trinajstić information content (AvgIpc) is 2.53. The molecule has 24 heavy (non-hydrogen) atoms. The average molecular weight is 370 g/mol. The van der Waals surface area contributed by atoms with Crippen LogP contribution in [0.25, 0.3) is 0 Å². The zero-order chi connectivity index (χ0) is 17.6. The second-order valence-corrected chi connectivity index (χ2v) is 6.75. The number of halogens is 1. The summed E-state index contributed by atoms with van der Waals surface area (Å²) in [6.07, 6.45) is 0. The lowest BCUT2D eigenvalue weighted by molar-refractivity contribution is 0.247. The van der Waals surface area contributed by atoms with Crippen LogP contribution in [0.15, 0.2) is 53.4 Å². The van der Waals surface area contributed by atoms with E-state index >= 15 is 0 Å². The minimum atomic E-state index is -3.75. The highest BCUT2D eigenvalue weighted by Crippen LogP contribution is 2.15. The van der Waals surface area contributed by atoms with Gasteiger partial charge >= 0.3 is 6.03 Å². The third kappa shape index (κ3) is 5.73. The van der Waals surface area contributed by atoms with Gasteiger partial charge in [-0.1, -0.05) is 11.6 Å². The third-order valence-corrected chi connectivity index (χ3v) is 4.09. The van der Waals surface area contributed by atoms with E-state index in [0.29, 0.717) is 29.6 Å². The summed E-state index contributed by atoms with van der Waals surface area (Å²) < 4.78 is 27.7. The summed E-state index contributed by atoms with van der Waals surface area (Å²) in [5.41, 5.74) is 0.443. The van der Waals surface area contributed by atoms with Gasteiger partial charge in [-0.2, -0.15) is 0 Å². The molecule has 0 saturated carbocycles. The van der Waals surface area contributed by atoms with E-state index in [1.54, 1.807) is 24.3 Å². The lowest BCUT2D eigenvalue weighted by Crippen LogP contribution is -2.32. The Morgan fingerprint density at radius 2 is 1.71 bits per heavy atom. The van der Waals surface area contributed by atoms with E-state index in [0.717, 1.165) is 0 Å². The molecule has 0 saturated heterocycles. The lowest BCUT2D eigenvalue weighted by Gasteiger charge is -2.09. The molecule has 0 bridgehead atoms. The van der Waals surface area contributed by atoms with Crippen molar-refractivity contribution >= 4 is 33.3 Å². The number of nitrogens with one attached hydrogen (secondary N) is 2. The monoisotopic (exact) mass is 369 g/mol. The number of hydrogen-bond donors (Lipinski definition) is 3. The van der Waals surface area contributed by atoms with Gasteiger partial charge in [0, 0.05) is 10.7 Å². The van der Waals surface area contributed by atoms with E-state index in [9.17, 15) is 13.2 Å². The number of ether oxygens (including phenoxy) is 1. The van der Waals surface area contributed by atoms with Crippen LogP contribution in [0.4, 0.5) is 10.5 Å². The summed E-state index contributed by atoms with van der Waals surface area (Å²) in [5, 5.41) is 10.8. The van der Waals surface area contributed by atoms with Crippen LogP contribution in [0.3, 0.4) is 0 Å². The molecule has 128 valence electrons. The Balaban J connectivity index is 1.74. The molecule has 0 aliphatic carbocycles. The number of amides is 2. The Bertz CT molecular complexity index is 792. The number of urea groups is 1. The molecule has 0 spiro atoms. The first-order valence-electron chi connectivity index (χ1n) is 6.91. The molecule has 0 aliphatic heterocycles. The molecule has 9 heteroatoms. The fourth-order valence-electron chi connectivity index (χ4n) is 1.77. The molecule has 0 heterocycles. The first-order valence-corrected chi connectivity index (χ1v) is 8.83. The summed E-state index contributed by atoms with van der Waals surface area (Å²) in [6.45, 7) is 0.586. The van der Waals surface area contributed by atoms with Gasteiger partial charge in [0.1, 0.15) is 12.4 Å². The van der Waals surface area contributed by atoms with Crippen molar-refractivity contribution in [1.29, 1.82) is 0 Å². The number of sulfonamides is 1. The highest BCUT2D eigenvalue weighted by Gasteiger charge is 2.07. The van der Waals surface area contributed by atoms with Crippen LogP contribution in [-0.4, -0.2) is 27.6 Å². The fraction of sp³-hybridized carbons (Fsp3) is 0.133. The normalized spacial score (nSPS) is 10.9. The second kappa shape index (κ2) is 8.00. The van der Waals surface area contributed by atoms with E-state index in [4.69, 9.17) is 21.5 Å². The van der Waals surface area contributed by atoms with E-state index in [2.05, 4.69) is 10.6 Å². The van der Waals surface area contributed by atoms with Crippen molar-refractivity contribution < 1.29 is 17.9 Å². The molecular weight excluding hydrogens is 354 g/mol. The smallest absolute Gasteiger partial charge is 0.319 e. The highest BCUT2D eigenvalue weighted by atomic mass is 35.5. The van der Waals surface area contributed by atoms with Gasteiger partial charge in [0.25, 0.3) is 0 Å². The number of nitrogens with two attached hydrogens (primary N) is 1. The second-order valence-electron chi connectivity index (χ2n) is 4.75. The Hall–Kier alpha value is -2.29. The molecule has 4 N–H and O–H groups in total. The Morgan fingerprint density at radius 3 is 2.29 bits per heavy atom. The molecular formula is C15H16ClN3O4S. The summed E-state index contributed by atoms with van der Waals surface area (Å²) in [6, 6.07) is 12.0. The third-order valence-electron chi connectivity index (χ3n) is 2.91. The Morgan fingerprint density at radius 1 is 1.08 bits per heavy atom. The zero-order valence-corrected chi connectivity index (χ0v) is 14.1. The maximum atomic E-state index is 11.7. The van der Waals surface area contributed by atoms with Gasteiger partial charge in [-0.3, -0.25) is 0 Å². The van der Waals surface area contributed by atoms with Gasteiger partial charge in [0.15, 0.2) is 0 Å². The summed E-state index contributed by atoms with van der Waals surface area (Å²) in [5.74, 6) is 0.653. The van der Waals surface area contributed by atoms with Crippen molar-refractivity contribution in [3.05, 3.63) is 53.6 Å². The van der Waals surface area contributed by atoms with Crippen molar-refractivity contribution in [2.45, 2.75) is 4.90 Å². The molecule has 0 aromatic heterocycles. The van der Waals surface area contributed by atoms with Gasteiger partial charge in [-0.05, 0) is 48.5 Å². The zero-order valence-electron chi connectivity index (χ0n) is 12.5. The van der Waals surface area contributed by atoms with E-state index in [-0.39, 0.29) is 4.90 Å². The SMILES string of the molecule is NS(=O)(=O)c1ccc(NC(=O)NCCOc2ccc(Cl)cc2)cc1. The minimum Gasteiger partial charge on any atom is -0.492 e. The predicted octanol–water partition coefficient (Wildman–Crippen LogP) is 2.19. The molecule has 0 aliphatic rings.